The van der Waals surface area contributed by atoms with Crippen LogP contribution in [0.2, 0.25) is 0 Å². The minimum atomic E-state index is -4.73. The Bertz CT molecular complexity index is 609. The number of nitrogens with zero attached hydrogens (tertiary/aromatic N) is 2. The van der Waals surface area contributed by atoms with E-state index in [4.69, 9.17) is 0 Å². The molecule has 0 saturated carbocycles. The van der Waals surface area contributed by atoms with Gasteiger partial charge in [0.2, 0.25) is 5.95 Å². The van der Waals surface area contributed by atoms with Gasteiger partial charge in [-0.3, -0.25) is 0 Å². The maximum atomic E-state index is 12.2. The first-order chi connectivity index (χ1) is 9.91. The van der Waals surface area contributed by atoms with Crippen LogP contribution in [0.15, 0.2) is 30.3 Å². The van der Waals surface area contributed by atoms with Gasteiger partial charge < -0.3 is 15.4 Å². The van der Waals surface area contributed by atoms with Gasteiger partial charge in [0.25, 0.3) is 0 Å². The molecule has 0 aliphatic carbocycles. The summed E-state index contributed by atoms with van der Waals surface area (Å²) in [6, 6.07) is 7.25. The van der Waals surface area contributed by atoms with Crippen LogP contribution in [0.5, 0.6) is 5.75 Å². The van der Waals surface area contributed by atoms with Crippen LogP contribution in [0.4, 0.5) is 24.9 Å². The molecule has 0 bridgehead atoms. The number of alkyl halides is 3. The lowest BCUT2D eigenvalue weighted by atomic mass is 10.1. The number of rotatable bonds is 4. The maximum absolute atomic E-state index is 12.2. The highest BCUT2D eigenvalue weighted by molar-refractivity contribution is 5.65. The summed E-state index contributed by atoms with van der Waals surface area (Å²) in [5, 5.41) is 5.65. The van der Waals surface area contributed by atoms with Crippen molar-refractivity contribution in [3.05, 3.63) is 30.3 Å². The number of ether oxygens (including phenoxy) is 1. The van der Waals surface area contributed by atoms with Gasteiger partial charge in [-0.25, -0.2) is 4.98 Å². The molecule has 112 valence electrons. The number of benzene rings is 1. The lowest BCUT2D eigenvalue weighted by molar-refractivity contribution is -0.274. The molecular formula is C13H13F3N4O. The van der Waals surface area contributed by atoms with Crippen LogP contribution in [0.3, 0.4) is 0 Å². The summed E-state index contributed by atoms with van der Waals surface area (Å²) in [4.78, 5) is 8.34. The van der Waals surface area contributed by atoms with Gasteiger partial charge in [0.15, 0.2) is 0 Å². The molecule has 2 N–H and O–H groups in total. The van der Waals surface area contributed by atoms with E-state index < -0.39 is 6.36 Å². The summed E-state index contributed by atoms with van der Waals surface area (Å²) in [5.41, 5.74) is 0.971. The van der Waals surface area contributed by atoms with Crippen LogP contribution in [0.25, 0.3) is 11.3 Å². The fraction of sp³-hybridized carbons (Fsp3) is 0.231. The number of nitrogens with one attached hydrogen (secondary N) is 2. The third-order valence-corrected chi connectivity index (χ3v) is 2.57. The fourth-order valence-electron chi connectivity index (χ4n) is 1.69. The number of halogens is 3. The second-order valence-electron chi connectivity index (χ2n) is 4.04. The lowest BCUT2D eigenvalue weighted by Crippen LogP contribution is -2.17. The first-order valence-corrected chi connectivity index (χ1v) is 6.02. The van der Waals surface area contributed by atoms with Crippen molar-refractivity contribution in [3.63, 3.8) is 0 Å². The van der Waals surface area contributed by atoms with Crippen LogP contribution in [-0.4, -0.2) is 30.4 Å². The molecule has 0 saturated heterocycles. The molecule has 5 nitrogen and oxygen atoms in total. The van der Waals surface area contributed by atoms with Crippen molar-refractivity contribution in [2.24, 2.45) is 0 Å². The average Bonchev–Trinajstić information content (AvgIpc) is 2.45. The van der Waals surface area contributed by atoms with E-state index in [1.165, 1.54) is 18.2 Å². The predicted octanol–water partition coefficient (Wildman–Crippen LogP) is 3.13. The Labute approximate surface area is 119 Å². The van der Waals surface area contributed by atoms with E-state index in [1.54, 1.807) is 26.2 Å². The zero-order valence-corrected chi connectivity index (χ0v) is 11.3. The molecule has 1 aromatic heterocycles. The lowest BCUT2D eigenvalue weighted by Gasteiger charge is -2.11. The molecule has 0 aliphatic heterocycles. The molecule has 1 heterocycles. The molecule has 0 unspecified atom stereocenters. The molecule has 0 amide bonds. The third kappa shape index (κ3) is 3.98. The first kappa shape index (κ1) is 14.9. The molecule has 0 fully saturated rings. The van der Waals surface area contributed by atoms with Crippen molar-refractivity contribution < 1.29 is 17.9 Å². The fourth-order valence-corrected chi connectivity index (χ4v) is 1.69. The Morgan fingerprint density at radius 2 is 1.81 bits per heavy atom. The monoisotopic (exact) mass is 298 g/mol. The van der Waals surface area contributed by atoms with Crippen molar-refractivity contribution in [2.75, 3.05) is 24.7 Å². The average molecular weight is 298 g/mol. The largest absolute Gasteiger partial charge is 0.573 e. The van der Waals surface area contributed by atoms with Crippen molar-refractivity contribution in [2.45, 2.75) is 6.36 Å². The first-order valence-electron chi connectivity index (χ1n) is 6.02. The SMILES string of the molecule is CNc1cc(-c2cccc(OC(F)(F)F)c2)nc(NC)n1. The van der Waals surface area contributed by atoms with E-state index in [-0.39, 0.29) is 5.75 Å². The molecule has 0 spiro atoms. The quantitative estimate of drug-likeness (QED) is 0.908. The summed E-state index contributed by atoms with van der Waals surface area (Å²) in [7, 11) is 3.34. The minimum absolute atomic E-state index is 0.296. The van der Waals surface area contributed by atoms with Gasteiger partial charge in [-0.1, -0.05) is 12.1 Å². The molecule has 1 aromatic carbocycles. The van der Waals surface area contributed by atoms with E-state index in [0.717, 1.165) is 0 Å². The van der Waals surface area contributed by atoms with Crippen molar-refractivity contribution in [1.82, 2.24) is 9.97 Å². The van der Waals surface area contributed by atoms with Crippen LogP contribution >= 0.6 is 0 Å². The molecule has 0 aliphatic rings. The molecule has 8 heteroatoms. The van der Waals surface area contributed by atoms with Gasteiger partial charge in [-0.05, 0) is 12.1 Å². The Hall–Kier alpha value is -2.51. The molecule has 21 heavy (non-hydrogen) atoms. The Kier molecular flexibility index (Phi) is 4.15. The summed E-state index contributed by atoms with van der Waals surface area (Å²) in [5.74, 6) is 0.612. The summed E-state index contributed by atoms with van der Waals surface area (Å²) in [6.07, 6.45) is -4.73. The van der Waals surface area contributed by atoms with Crippen molar-refractivity contribution in [3.8, 4) is 17.0 Å². The molecule has 0 radical (unpaired) electrons. The number of hydrogen-bond donors (Lipinski definition) is 2. The molecular weight excluding hydrogens is 285 g/mol. The Morgan fingerprint density at radius 1 is 1.05 bits per heavy atom. The van der Waals surface area contributed by atoms with E-state index in [9.17, 15) is 13.2 Å². The zero-order valence-electron chi connectivity index (χ0n) is 11.3. The van der Waals surface area contributed by atoms with Gasteiger partial charge in [0.05, 0.1) is 5.69 Å². The number of aromatic nitrogens is 2. The smallest absolute Gasteiger partial charge is 0.406 e. The summed E-state index contributed by atoms with van der Waals surface area (Å²) in [6.45, 7) is 0. The standard InChI is InChI=1S/C13H13F3N4O/c1-17-11-7-10(19-12(18-2)20-11)8-4-3-5-9(6-8)21-13(14,15)16/h3-7H,1-2H3,(H2,17,18,19,20). The van der Waals surface area contributed by atoms with E-state index in [1.807, 2.05) is 0 Å². The highest BCUT2D eigenvalue weighted by Gasteiger charge is 2.31. The second kappa shape index (κ2) is 5.86. The van der Waals surface area contributed by atoms with Gasteiger partial charge in [-0.2, -0.15) is 4.98 Å². The normalized spacial score (nSPS) is 11.1. The van der Waals surface area contributed by atoms with Crippen LogP contribution < -0.4 is 15.4 Å². The second-order valence-corrected chi connectivity index (χ2v) is 4.04. The van der Waals surface area contributed by atoms with Crippen molar-refractivity contribution >= 4 is 11.8 Å². The highest BCUT2D eigenvalue weighted by Crippen LogP contribution is 2.28. The molecule has 0 atom stereocenters. The topological polar surface area (TPSA) is 59.1 Å². The van der Waals surface area contributed by atoms with Crippen LogP contribution in [0.1, 0.15) is 0 Å². The maximum Gasteiger partial charge on any atom is 0.573 e. The Morgan fingerprint density at radius 3 is 2.43 bits per heavy atom. The summed E-state index contributed by atoms with van der Waals surface area (Å²) >= 11 is 0. The van der Waals surface area contributed by atoms with Gasteiger partial charge in [0, 0.05) is 25.7 Å². The minimum Gasteiger partial charge on any atom is -0.406 e. The number of hydrogen-bond acceptors (Lipinski definition) is 5. The van der Waals surface area contributed by atoms with Gasteiger partial charge in [-0.15, -0.1) is 13.2 Å². The zero-order chi connectivity index (χ0) is 15.5. The predicted molar refractivity (Wildman–Crippen MR) is 73.2 cm³/mol. The Balaban J connectivity index is 2.40. The van der Waals surface area contributed by atoms with E-state index in [0.29, 0.717) is 23.0 Å². The molecule has 2 aromatic rings. The summed E-state index contributed by atoms with van der Waals surface area (Å²) < 4.78 is 40.6. The van der Waals surface area contributed by atoms with Crippen LogP contribution in [0, 0.1) is 0 Å². The molecule has 2 rings (SSSR count). The van der Waals surface area contributed by atoms with Gasteiger partial charge in [0.1, 0.15) is 11.6 Å². The number of anilines is 2. The third-order valence-electron chi connectivity index (χ3n) is 2.57. The van der Waals surface area contributed by atoms with E-state index >= 15 is 0 Å². The van der Waals surface area contributed by atoms with E-state index in [2.05, 4.69) is 25.3 Å². The highest BCUT2D eigenvalue weighted by atomic mass is 19.4. The van der Waals surface area contributed by atoms with Crippen LogP contribution in [-0.2, 0) is 0 Å². The van der Waals surface area contributed by atoms with Crippen molar-refractivity contribution in [1.29, 1.82) is 0 Å². The van der Waals surface area contributed by atoms with Gasteiger partial charge >= 0.3 is 6.36 Å².